The van der Waals surface area contributed by atoms with Crippen molar-refractivity contribution in [3.8, 4) is 5.75 Å². The van der Waals surface area contributed by atoms with Gasteiger partial charge in [0.05, 0.1) is 0 Å². The second-order valence-electron chi connectivity index (χ2n) is 5.07. The maximum Gasteiger partial charge on any atom is 0.260 e. The largest absolute Gasteiger partial charge is 0.481 e. The van der Waals surface area contributed by atoms with E-state index in [4.69, 9.17) is 4.74 Å². The maximum atomic E-state index is 11.8. The van der Waals surface area contributed by atoms with Crippen molar-refractivity contribution in [3.63, 3.8) is 0 Å². The van der Waals surface area contributed by atoms with Crippen LogP contribution in [-0.4, -0.2) is 25.6 Å². The summed E-state index contributed by atoms with van der Waals surface area (Å²) < 4.78 is 5.61. The van der Waals surface area contributed by atoms with Crippen LogP contribution >= 0.6 is 0 Å². The molecular formula is C15H24N2O2. The standard InChI is InChI=1S/C15H24N2O2/c1-11(2)9-17-15(18)12(3)19-14-7-5-13(6-8-14)10-16-4/h5-8,11-12,16H,9-10H2,1-4H3,(H,17,18). The van der Waals surface area contributed by atoms with Gasteiger partial charge in [-0.2, -0.15) is 0 Å². The summed E-state index contributed by atoms with van der Waals surface area (Å²) in [5.74, 6) is 1.08. The molecule has 1 aromatic rings. The van der Waals surface area contributed by atoms with E-state index >= 15 is 0 Å². The molecule has 4 heteroatoms. The fourth-order valence-corrected chi connectivity index (χ4v) is 1.60. The van der Waals surface area contributed by atoms with Crippen molar-refractivity contribution in [2.24, 2.45) is 5.92 Å². The lowest BCUT2D eigenvalue weighted by Gasteiger charge is -2.16. The minimum absolute atomic E-state index is 0.0759. The Balaban J connectivity index is 2.47. The molecule has 0 heterocycles. The summed E-state index contributed by atoms with van der Waals surface area (Å²) >= 11 is 0. The van der Waals surface area contributed by atoms with Crippen LogP contribution in [0.3, 0.4) is 0 Å². The van der Waals surface area contributed by atoms with Gasteiger partial charge in [0.2, 0.25) is 0 Å². The zero-order chi connectivity index (χ0) is 14.3. The van der Waals surface area contributed by atoms with E-state index in [1.165, 1.54) is 5.56 Å². The fourth-order valence-electron chi connectivity index (χ4n) is 1.60. The molecule has 4 nitrogen and oxygen atoms in total. The molecule has 0 aliphatic carbocycles. The normalized spacial score (nSPS) is 12.3. The molecule has 19 heavy (non-hydrogen) atoms. The summed E-state index contributed by atoms with van der Waals surface area (Å²) in [6.07, 6.45) is -0.478. The maximum absolute atomic E-state index is 11.8. The van der Waals surface area contributed by atoms with E-state index in [-0.39, 0.29) is 5.91 Å². The summed E-state index contributed by atoms with van der Waals surface area (Å²) in [6.45, 7) is 7.38. The second kappa shape index (κ2) is 7.79. The average molecular weight is 264 g/mol. The summed E-state index contributed by atoms with van der Waals surface area (Å²) in [6, 6.07) is 7.76. The number of rotatable bonds is 7. The molecule has 0 aliphatic heterocycles. The number of ether oxygens (including phenoxy) is 1. The van der Waals surface area contributed by atoms with E-state index in [1.54, 1.807) is 6.92 Å². The Hall–Kier alpha value is -1.55. The van der Waals surface area contributed by atoms with Crippen LogP contribution < -0.4 is 15.4 Å². The SMILES string of the molecule is CNCc1ccc(OC(C)C(=O)NCC(C)C)cc1. The minimum atomic E-state index is -0.478. The van der Waals surface area contributed by atoms with Crippen molar-refractivity contribution in [3.05, 3.63) is 29.8 Å². The van der Waals surface area contributed by atoms with Crippen LogP contribution in [0.4, 0.5) is 0 Å². The molecule has 0 radical (unpaired) electrons. The topological polar surface area (TPSA) is 50.4 Å². The van der Waals surface area contributed by atoms with Crippen molar-refractivity contribution in [2.45, 2.75) is 33.4 Å². The Morgan fingerprint density at radius 3 is 2.37 bits per heavy atom. The molecule has 2 N–H and O–H groups in total. The Bertz CT molecular complexity index is 388. The van der Waals surface area contributed by atoms with Crippen molar-refractivity contribution in [1.82, 2.24) is 10.6 Å². The summed E-state index contributed by atoms with van der Waals surface area (Å²) in [4.78, 5) is 11.8. The number of hydrogen-bond donors (Lipinski definition) is 2. The molecular weight excluding hydrogens is 240 g/mol. The van der Waals surface area contributed by atoms with Gasteiger partial charge in [-0.25, -0.2) is 0 Å². The van der Waals surface area contributed by atoms with Gasteiger partial charge >= 0.3 is 0 Å². The lowest BCUT2D eigenvalue weighted by Crippen LogP contribution is -2.38. The minimum Gasteiger partial charge on any atom is -0.481 e. The van der Waals surface area contributed by atoms with E-state index in [0.717, 1.165) is 6.54 Å². The third-order valence-electron chi connectivity index (χ3n) is 2.67. The first-order chi connectivity index (χ1) is 9.02. The summed E-state index contributed by atoms with van der Waals surface area (Å²) in [7, 11) is 1.91. The van der Waals surface area contributed by atoms with Crippen LogP contribution in [0, 0.1) is 5.92 Å². The molecule has 1 amide bonds. The summed E-state index contributed by atoms with van der Waals surface area (Å²) in [5.41, 5.74) is 1.19. The number of benzene rings is 1. The molecule has 1 aromatic carbocycles. The molecule has 1 atom stereocenters. The van der Waals surface area contributed by atoms with Crippen molar-refractivity contribution in [2.75, 3.05) is 13.6 Å². The second-order valence-corrected chi connectivity index (χ2v) is 5.07. The van der Waals surface area contributed by atoms with Gasteiger partial charge in [-0.15, -0.1) is 0 Å². The van der Waals surface area contributed by atoms with E-state index < -0.39 is 6.10 Å². The third-order valence-corrected chi connectivity index (χ3v) is 2.67. The van der Waals surface area contributed by atoms with E-state index in [2.05, 4.69) is 24.5 Å². The van der Waals surface area contributed by atoms with Crippen LogP contribution in [0.15, 0.2) is 24.3 Å². The number of carbonyl (C=O) groups is 1. The monoisotopic (exact) mass is 264 g/mol. The highest BCUT2D eigenvalue weighted by Crippen LogP contribution is 2.13. The Morgan fingerprint density at radius 1 is 1.21 bits per heavy atom. The molecule has 0 aromatic heterocycles. The van der Waals surface area contributed by atoms with Gasteiger partial charge in [0.25, 0.3) is 5.91 Å². The Morgan fingerprint density at radius 2 is 1.84 bits per heavy atom. The summed E-state index contributed by atoms with van der Waals surface area (Å²) in [5, 5.41) is 5.94. The van der Waals surface area contributed by atoms with Crippen molar-refractivity contribution < 1.29 is 9.53 Å². The highest BCUT2D eigenvalue weighted by molar-refractivity contribution is 5.80. The molecule has 0 spiro atoms. The first-order valence-corrected chi connectivity index (χ1v) is 6.70. The van der Waals surface area contributed by atoms with Gasteiger partial charge in [-0.05, 0) is 37.6 Å². The van der Waals surface area contributed by atoms with Gasteiger partial charge in [-0.3, -0.25) is 4.79 Å². The van der Waals surface area contributed by atoms with Crippen LogP contribution in [0.1, 0.15) is 26.3 Å². The molecule has 106 valence electrons. The zero-order valence-corrected chi connectivity index (χ0v) is 12.2. The number of hydrogen-bond acceptors (Lipinski definition) is 3. The average Bonchev–Trinajstić information content (AvgIpc) is 2.38. The first kappa shape index (κ1) is 15.5. The van der Waals surface area contributed by atoms with Crippen molar-refractivity contribution >= 4 is 5.91 Å². The first-order valence-electron chi connectivity index (χ1n) is 6.70. The van der Waals surface area contributed by atoms with Crippen LogP contribution in [0.5, 0.6) is 5.75 Å². The molecule has 0 fully saturated rings. The van der Waals surface area contributed by atoms with E-state index in [1.807, 2.05) is 31.3 Å². The Kier molecular flexibility index (Phi) is 6.36. The van der Waals surface area contributed by atoms with Gasteiger partial charge in [0.15, 0.2) is 6.10 Å². The smallest absolute Gasteiger partial charge is 0.260 e. The van der Waals surface area contributed by atoms with Crippen LogP contribution in [-0.2, 0) is 11.3 Å². The number of carbonyl (C=O) groups excluding carboxylic acids is 1. The van der Waals surface area contributed by atoms with Gasteiger partial charge in [0.1, 0.15) is 5.75 Å². The quantitative estimate of drug-likeness (QED) is 0.791. The fraction of sp³-hybridized carbons (Fsp3) is 0.533. The zero-order valence-electron chi connectivity index (χ0n) is 12.2. The van der Waals surface area contributed by atoms with E-state index in [9.17, 15) is 4.79 Å². The van der Waals surface area contributed by atoms with E-state index in [0.29, 0.717) is 18.2 Å². The lowest BCUT2D eigenvalue weighted by molar-refractivity contribution is -0.127. The predicted molar refractivity (Wildman–Crippen MR) is 77.1 cm³/mol. The molecule has 1 rings (SSSR count). The molecule has 0 bridgehead atoms. The molecule has 0 saturated heterocycles. The molecule has 0 aliphatic rings. The third kappa shape index (κ3) is 5.75. The number of nitrogens with one attached hydrogen (secondary N) is 2. The Labute approximate surface area is 115 Å². The molecule has 0 saturated carbocycles. The van der Waals surface area contributed by atoms with Gasteiger partial charge in [-0.1, -0.05) is 26.0 Å². The van der Waals surface area contributed by atoms with Crippen molar-refractivity contribution in [1.29, 1.82) is 0 Å². The van der Waals surface area contributed by atoms with Crippen LogP contribution in [0.2, 0.25) is 0 Å². The predicted octanol–water partition coefficient (Wildman–Crippen LogP) is 1.95. The van der Waals surface area contributed by atoms with Crippen LogP contribution in [0.25, 0.3) is 0 Å². The lowest BCUT2D eigenvalue weighted by atomic mass is 10.2. The highest BCUT2D eigenvalue weighted by Gasteiger charge is 2.14. The van der Waals surface area contributed by atoms with Gasteiger partial charge < -0.3 is 15.4 Å². The highest BCUT2D eigenvalue weighted by atomic mass is 16.5. The number of amides is 1. The molecule has 1 unspecified atom stereocenters. The van der Waals surface area contributed by atoms with Gasteiger partial charge in [0, 0.05) is 13.1 Å².